The topological polar surface area (TPSA) is 49.4 Å². The third-order valence-electron chi connectivity index (χ3n) is 4.42. The van der Waals surface area contributed by atoms with Gasteiger partial charge in [0.05, 0.1) is 0 Å². The molecule has 2 unspecified atom stereocenters. The van der Waals surface area contributed by atoms with Crippen molar-refractivity contribution in [3.63, 3.8) is 0 Å². The molecule has 0 radical (unpaired) electrons. The fourth-order valence-corrected chi connectivity index (χ4v) is 3.22. The van der Waals surface area contributed by atoms with E-state index in [1.165, 1.54) is 12.0 Å². The van der Waals surface area contributed by atoms with Crippen LogP contribution in [-0.2, 0) is 9.59 Å². The first-order chi connectivity index (χ1) is 9.54. The maximum Gasteiger partial charge on any atom is 0.246 e. The summed E-state index contributed by atoms with van der Waals surface area (Å²) in [7, 11) is 0. The number of nitrogens with one attached hydrogen (secondary N) is 1. The van der Waals surface area contributed by atoms with Crippen LogP contribution in [0.2, 0.25) is 0 Å². The fraction of sp³-hybridized carbons (Fsp3) is 0.733. The standard InChI is InChI=1S/C15H23ClN2O2/c1-10(8-16)9-18-11(2)14(19)17-13(15(18)20)12-6-4-3-5-7-12/h8,11-13H,3-7,9H2,1-2H3,(H,17,19). The van der Waals surface area contributed by atoms with E-state index < -0.39 is 6.04 Å². The van der Waals surface area contributed by atoms with Crippen LogP contribution >= 0.6 is 11.6 Å². The van der Waals surface area contributed by atoms with Crippen LogP contribution in [0, 0.1) is 5.92 Å². The van der Waals surface area contributed by atoms with E-state index in [-0.39, 0.29) is 23.8 Å². The van der Waals surface area contributed by atoms with Gasteiger partial charge >= 0.3 is 0 Å². The van der Waals surface area contributed by atoms with Gasteiger partial charge in [0, 0.05) is 12.1 Å². The molecule has 0 aromatic heterocycles. The fourth-order valence-electron chi connectivity index (χ4n) is 3.15. The second-order valence-electron chi connectivity index (χ2n) is 5.98. The lowest BCUT2D eigenvalue weighted by Gasteiger charge is -2.41. The lowest BCUT2D eigenvalue weighted by Crippen LogP contribution is -2.64. The molecular formula is C15H23ClN2O2. The summed E-state index contributed by atoms with van der Waals surface area (Å²) in [6.45, 7) is 4.07. The molecule has 2 rings (SSSR count). The van der Waals surface area contributed by atoms with Gasteiger partial charge < -0.3 is 10.2 Å². The number of halogens is 1. The Labute approximate surface area is 125 Å². The first-order valence-electron chi connectivity index (χ1n) is 7.41. The SMILES string of the molecule is CC(=CCl)CN1C(=O)C(C2CCCCC2)NC(=O)C1C. The van der Waals surface area contributed by atoms with Crippen molar-refractivity contribution in [2.75, 3.05) is 6.54 Å². The summed E-state index contributed by atoms with van der Waals surface area (Å²) in [6.07, 6.45) is 5.60. The number of rotatable bonds is 3. The van der Waals surface area contributed by atoms with E-state index in [2.05, 4.69) is 5.32 Å². The quantitative estimate of drug-likeness (QED) is 0.870. The lowest BCUT2D eigenvalue weighted by atomic mass is 9.82. The highest BCUT2D eigenvalue weighted by Crippen LogP contribution is 2.29. The lowest BCUT2D eigenvalue weighted by molar-refractivity contribution is -0.150. The van der Waals surface area contributed by atoms with Crippen LogP contribution in [0.25, 0.3) is 0 Å². The predicted molar refractivity (Wildman–Crippen MR) is 79.3 cm³/mol. The largest absolute Gasteiger partial charge is 0.342 e. The van der Waals surface area contributed by atoms with Crippen LogP contribution in [0.5, 0.6) is 0 Å². The average molecular weight is 299 g/mol. The van der Waals surface area contributed by atoms with Crippen molar-refractivity contribution < 1.29 is 9.59 Å². The number of hydrogen-bond donors (Lipinski definition) is 1. The van der Waals surface area contributed by atoms with E-state index in [1.54, 1.807) is 11.8 Å². The van der Waals surface area contributed by atoms with E-state index in [9.17, 15) is 9.59 Å². The van der Waals surface area contributed by atoms with Crippen LogP contribution in [0.4, 0.5) is 0 Å². The normalized spacial score (nSPS) is 29.6. The Hall–Kier alpha value is -1.03. The van der Waals surface area contributed by atoms with E-state index in [0.717, 1.165) is 31.3 Å². The Kier molecular flexibility index (Phi) is 5.08. The maximum atomic E-state index is 12.7. The molecule has 1 aliphatic carbocycles. The Morgan fingerprint density at radius 3 is 2.60 bits per heavy atom. The first kappa shape index (κ1) is 15.4. The summed E-state index contributed by atoms with van der Waals surface area (Å²) in [5.74, 6) is 0.278. The number of carbonyl (C=O) groups excluding carboxylic acids is 2. The second kappa shape index (κ2) is 6.61. The van der Waals surface area contributed by atoms with Crippen molar-refractivity contribution in [2.24, 2.45) is 5.92 Å². The van der Waals surface area contributed by atoms with Crippen LogP contribution in [-0.4, -0.2) is 35.3 Å². The number of hydrogen-bond acceptors (Lipinski definition) is 2. The van der Waals surface area contributed by atoms with Gasteiger partial charge in [0.15, 0.2) is 0 Å². The molecule has 2 fully saturated rings. The van der Waals surface area contributed by atoms with E-state index >= 15 is 0 Å². The van der Waals surface area contributed by atoms with Crippen molar-refractivity contribution >= 4 is 23.4 Å². The summed E-state index contributed by atoms with van der Waals surface area (Å²) in [6, 6.07) is -0.768. The second-order valence-corrected chi connectivity index (χ2v) is 6.20. The minimum atomic E-state index is -0.422. The van der Waals surface area contributed by atoms with Crippen LogP contribution in [0.3, 0.4) is 0 Å². The van der Waals surface area contributed by atoms with Gasteiger partial charge in [-0.3, -0.25) is 9.59 Å². The molecule has 0 bridgehead atoms. The minimum absolute atomic E-state index is 0.0434. The Bertz CT molecular complexity index is 416. The third-order valence-corrected chi connectivity index (χ3v) is 4.79. The number of carbonyl (C=O) groups is 2. The highest BCUT2D eigenvalue weighted by molar-refractivity contribution is 6.25. The van der Waals surface area contributed by atoms with Crippen molar-refractivity contribution in [1.29, 1.82) is 0 Å². The smallest absolute Gasteiger partial charge is 0.246 e. The zero-order valence-corrected chi connectivity index (χ0v) is 12.9. The average Bonchev–Trinajstić information content (AvgIpc) is 2.48. The maximum absolute atomic E-state index is 12.7. The number of nitrogens with zero attached hydrogens (tertiary/aromatic N) is 1. The van der Waals surface area contributed by atoms with Gasteiger partial charge in [0.2, 0.25) is 11.8 Å². The van der Waals surface area contributed by atoms with Gasteiger partial charge in [-0.25, -0.2) is 0 Å². The Morgan fingerprint density at radius 1 is 1.35 bits per heavy atom. The molecule has 1 aliphatic heterocycles. The molecule has 2 atom stereocenters. The van der Waals surface area contributed by atoms with Crippen LogP contribution < -0.4 is 5.32 Å². The summed E-state index contributed by atoms with van der Waals surface area (Å²) in [5.41, 5.74) is 2.37. The molecule has 0 spiro atoms. The van der Waals surface area contributed by atoms with Gasteiger partial charge in [-0.2, -0.15) is 0 Å². The van der Waals surface area contributed by atoms with Crippen LogP contribution in [0.15, 0.2) is 11.1 Å². The molecule has 20 heavy (non-hydrogen) atoms. The van der Waals surface area contributed by atoms with Crippen molar-refractivity contribution in [1.82, 2.24) is 10.2 Å². The zero-order chi connectivity index (χ0) is 14.7. The van der Waals surface area contributed by atoms with Crippen molar-refractivity contribution in [2.45, 2.75) is 58.0 Å². The summed E-state index contributed by atoms with van der Waals surface area (Å²) < 4.78 is 0. The summed E-state index contributed by atoms with van der Waals surface area (Å²) in [4.78, 5) is 26.4. The van der Waals surface area contributed by atoms with E-state index in [4.69, 9.17) is 11.6 Å². The number of piperazine rings is 1. The molecule has 2 aliphatic rings. The molecule has 4 nitrogen and oxygen atoms in total. The van der Waals surface area contributed by atoms with Crippen molar-refractivity contribution in [3.05, 3.63) is 11.1 Å². The Morgan fingerprint density at radius 2 is 2.00 bits per heavy atom. The predicted octanol–water partition coefficient (Wildman–Crippen LogP) is 2.42. The van der Waals surface area contributed by atoms with Crippen molar-refractivity contribution in [3.8, 4) is 0 Å². The minimum Gasteiger partial charge on any atom is -0.342 e. The van der Waals surface area contributed by atoms with Gasteiger partial charge in [0.25, 0.3) is 0 Å². The molecule has 1 heterocycles. The molecule has 1 saturated carbocycles. The zero-order valence-electron chi connectivity index (χ0n) is 12.2. The van der Waals surface area contributed by atoms with Gasteiger partial charge in [-0.1, -0.05) is 30.9 Å². The molecule has 2 amide bonds. The van der Waals surface area contributed by atoms with Gasteiger partial charge in [-0.05, 0) is 38.2 Å². The van der Waals surface area contributed by atoms with Crippen LogP contribution in [0.1, 0.15) is 46.0 Å². The summed E-state index contributed by atoms with van der Waals surface area (Å²) in [5, 5.41) is 2.92. The van der Waals surface area contributed by atoms with E-state index in [0.29, 0.717) is 6.54 Å². The molecule has 1 saturated heterocycles. The molecule has 1 N–H and O–H groups in total. The van der Waals surface area contributed by atoms with Gasteiger partial charge in [-0.15, -0.1) is 0 Å². The highest BCUT2D eigenvalue weighted by Gasteiger charge is 2.41. The molecular weight excluding hydrogens is 276 g/mol. The van der Waals surface area contributed by atoms with Gasteiger partial charge in [0.1, 0.15) is 12.1 Å². The van der Waals surface area contributed by atoms with E-state index in [1.807, 2.05) is 6.92 Å². The molecule has 5 heteroatoms. The number of amides is 2. The Balaban J connectivity index is 2.14. The molecule has 0 aromatic rings. The summed E-state index contributed by atoms with van der Waals surface area (Å²) >= 11 is 5.69. The molecule has 0 aromatic carbocycles. The first-order valence-corrected chi connectivity index (χ1v) is 7.85. The highest BCUT2D eigenvalue weighted by atomic mass is 35.5. The third kappa shape index (κ3) is 3.17. The molecule has 112 valence electrons. The monoisotopic (exact) mass is 298 g/mol.